The molecule has 1 heterocycles. The number of anilines is 1. The van der Waals surface area contributed by atoms with Gasteiger partial charge >= 0.3 is 6.09 Å². The number of ether oxygens (including phenoxy) is 1. The molecule has 2 N–H and O–H groups in total. The number of nitrogens with zero attached hydrogens (tertiary/aromatic N) is 2. The van der Waals surface area contributed by atoms with E-state index in [-0.39, 0.29) is 13.2 Å². The zero-order valence-electron chi connectivity index (χ0n) is 9.27. The van der Waals surface area contributed by atoms with Gasteiger partial charge in [-0.15, -0.1) is 10.2 Å². The van der Waals surface area contributed by atoms with E-state index in [0.717, 1.165) is 11.4 Å². The molecule has 0 fully saturated rings. The number of hydrogen-bond donors (Lipinski definition) is 2. The van der Waals surface area contributed by atoms with E-state index in [1.807, 2.05) is 0 Å². The lowest BCUT2D eigenvalue weighted by atomic mass is 10.1. The maximum absolute atomic E-state index is 11.1. The van der Waals surface area contributed by atoms with Crippen LogP contribution >= 0.6 is 11.3 Å². The highest BCUT2D eigenvalue weighted by Gasteiger charge is 2.09. The molecule has 0 aromatic carbocycles. The number of carbonyl (C=O) groups excluding carboxylic acids is 1. The molecule has 0 spiro atoms. The van der Waals surface area contributed by atoms with E-state index >= 15 is 0 Å². The van der Waals surface area contributed by atoms with Crippen molar-refractivity contribution >= 4 is 22.6 Å². The van der Waals surface area contributed by atoms with Crippen molar-refractivity contribution in [1.82, 2.24) is 10.2 Å². The van der Waals surface area contributed by atoms with Gasteiger partial charge in [0.2, 0.25) is 5.13 Å². The van der Waals surface area contributed by atoms with Crippen molar-refractivity contribution in [3.8, 4) is 0 Å². The van der Waals surface area contributed by atoms with Crippen LogP contribution in [0.5, 0.6) is 0 Å². The topological polar surface area (TPSA) is 84.3 Å². The van der Waals surface area contributed by atoms with Crippen LogP contribution in [0.15, 0.2) is 0 Å². The van der Waals surface area contributed by atoms with Crippen LogP contribution in [0, 0.1) is 5.92 Å². The Bertz CT molecular complexity index is 340. The minimum Gasteiger partial charge on any atom is -0.447 e. The predicted molar refractivity (Wildman–Crippen MR) is 60.5 cm³/mol. The van der Waals surface area contributed by atoms with Gasteiger partial charge in [0, 0.05) is 6.42 Å². The molecule has 90 valence electrons. The van der Waals surface area contributed by atoms with Crippen LogP contribution in [0.3, 0.4) is 0 Å². The van der Waals surface area contributed by atoms with Gasteiger partial charge in [0.1, 0.15) is 11.6 Å². The lowest BCUT2D eigenvalue weighted by Crippen LogP contribution is -2.15. The second-order valence-electron chi connectivity index (χ2n) is 3.58. The number of aliphatic hydroxyl groups is 1. The van der Waals surface area contributed by atoms with Crippen molar-refractivity contribution in [3.05, 3.63) is 5.01 Å². The van der Waals surface area contributed by atoms with Crippen LogP contribution in [0.4, 0.5) is 9.93 Å². The fourth-order valence-corrected chi connectivity index (χ4v) is 1.94. The summed E-state index contributed by atoms with van der Waals surface area (Å²) in [7, 11) is 0. The Labute approximate surface area is 97.7 Å². The molecule has 0 saturated carbocycles. The van der Waals surface area contributed by atoms with Gasteiger partial charge in [-0.05, 0) is 5.92 Å². The van der Waals surface area contributed by atoms with E-state index in [9.17, 15) is 4.79 Å². The number of aromatic nitrogens is 2. The summed E-state index contributed by atoms with van der Waals surface area (Å²) in [5.41, 5.74) is 0. The van der Waals surface area contributed by atoms with E-state index in [4.69, 9.17) is 5.11 Å². The van der Waals surface area contributed by atoms with Crippen LogP contribution in [0.2, 0.25) is 0 Å². The molecule has 1 rings (SSSR count). The molecule has 1 amide bonds. The van der Waals surface area contributed by atoms with Crippen molar-refractivity contribution in [1.29, 1.82) is 0 Å². The summed E-state index contributed by atoms with van der Waals surface area (Å²) in [6.07, 6.45) is 0.215. The molecule has 1 aromatic rings. The molecular formula is C9H15N3O3S. The first-order valence-corrected chi connectivity index (χ1v) is 5.80. The number of carbonyl (C=O) groups is 1. The Kier molecular flexibility index (Phi) is 5.13. The molecule has 0 atom stereocenters. The van der Waals surface area contributed by atoms with E-state index in [2.05, 4.69) is 34.1 Å². The number of rotatable bonds is 5. The fraction of sp³-hybridized carbons (Fsp3) is 0.667. The average Bonchev–Trinajstić information content (AvgIpc) is 2.61. The van der Waals surface area contributed by atoms with Crippen LogP contribution < -0.4 is 5.32 Å². The van der Waals surface area contributed by atoms with Crippen molar-refractivity contribution < 1.29 is 14.6 Å². The van der Waals surface area contributed by atoms with E-state index in [1.54, 1.807) is 0 Å². The van der Waals surface area contributed by atoms with Gasteiger partial charge in [0.25, 0.3) is 0 Å². The first kappa shape index (κ1) is 12.9. The van der Waals surface area contributed by atoms with Gasteiger partial charge in [-0.3, -0.25) is 5.32 Å². The van der Waals surface area contributed by atoms with Crippen LogP contribution in [-0.2, 0) is 11.2 Å². The van der Waals surface area contributed by atoms with Gasteiger partial charge in [-0.2, -0.15) is 0 Å². The Morgan fingerprint density at radius 3 is 2.94 bits per heavy atom. The molecule has 0 bridgehead atoms. The SMILES string of the molecule is CC(C)Cc1nnc(NC(=O)OCCO)s1. The molecule has 0 aliphatic heterocycles. The zero-order valence-corrected chi connectivity index (χ0v) is 10.1. The second kappa shape index (κ2) is 6.39. The van der Waals surface area contributed by atoms with Crippen molar-refractivity contribution in [2.75, 3.05) is 18.5 Å². The van der Waals surface area contributed by atoms with Gasteiger partial charge < -0.3 is 9.84 Å². The number of amides is 1. The summed E-state index contributed by atoms with van der Waals surface area (Å²) >= 11 is 1.33. The van der Waals surface area contributed by atoms with Crippen molar-refractivity contribution in [2.24, 2.45) is 5.92 Å². The predicted octanol–water partition coefficient (Wildman–Crippen LogP) is 1.28. The molecule has 6 nitrogen and oxygen atoms in total. The van der Waals surface area contributed by atoms with Crippen molar-refractivity contribution in [3.63, 3.8) is 0 Å². The summed E-state index contributed by atoms with van der Waals surface area (Å²) in [6, 6.07) is 0. The molecule has 0 aliphatic carbocycles. The summed E-state index contributed by atoms with van der Waals surface area (Å²) < 4.78 is 4.62. The minimum absolute atomic E-state index is 0.0243. The maximum Gasteiger partial charge on any atom is 0.413 e. The molecule has 7 heteroatoms. The van der Waals surface area contributed by atoms with Gasteiger partial charge in [0.15, 0.2) is 0 Å². The highest BCUT2D eigenvalue weighted by molar-refractivity contribution is 7.15. The zero-order chi connectivity index (χ0) is 12.0. The monoisotopic (exact) mass is 245 g/mol. The van der Waals surface area contributed by atoms with Gasteiger partial charge in [-0.1, -0.05) is 25.2 Å². The molecule has 0 saturated heterocycles. The molecular weight excluding hydrogens is 230 g/mol. The quantitative estimate of drug-likeness (QED) is 0.816. The summed E-state index contributed by atoms with van der Waals surface area (Å²) in [5, 5.41) is 19.9. The Hall–Kier alpha value is -1.21. The summed E-state index contributed by atoms with van der Waals surface area (Å²) in [5.74, 6) is 0.502. The first-order valence-electron chi connectivity index (χ1n) is 4.99. The van der Waals surface area contributed by atoms with E-state index in [1.165, 1.54) is 11.3 Å². The third-order valence-corrected chi connectivity index (χ3v) is 2.44. The number of hydrogen-bond acceptors (Lipinski definition) is 6. The molecule has 0 radical (unpaired) electrons. The average molecular weight is 245 g/mol. The third kappa shape index (κ3) is 4.54. The van der Waals surface area contributed by atoms with Crippen LogP contribution in [0.25, 0.3) is 0 Å². The molecule has 0 aliphatic rings. The minimum atomic E-state index is -0.624. The summed E-state index contributed by atoms with van der Waals surface area (Å²) in [4.78, 5) is 11.1. The smallest absolute Gasteiger partial charge is 0.413 e. The van der Waals surface area contributed by atoms with Crippen molar-refractivity contribution in [2.45, 2.75) is 20.3 Å². The lowest BCUT2D eigenvalue weighted by Gasteiger charge is -2.01. The Balaban J connectivity index is 2.42. The summed E-state index contributed by atoms with van der Waals surface area (Å²) in [6.45, 7) is 3.96. The second-order valence-corrected chi connectivity index (χ2v) is 4.65. The number of aliphatic hydroxyl groups excluding tert-OH is 1. The third-order valence-electron chi connectivity index (χ3n) is 1.58. The normalized spacial score (nSPS) is 10.5. The standard InChI is InChI=1S/C9H15N3O3S/c1-6(2)5-7-11-12-8(16-7)10-9(14)15-4-3-13/h6,13H,3-5H2,1-2H3,(H,10,12,14). The van der Waals surface area contributed by atoms with Gasteiger partial charge in [-0.25, -0.2) is 4.79 Å². The van der Waals surface area contributed by atoms with Crippen LogP contribution in [-0.4, -0.2) is 34.6 Å². The fourth-order valence-electron chi connectivity index (χ4n) is 0.998. The molecule has 16 heavy (non-hydrogen) atoms. The Morgan fingerprint density at radius 1 is 1.56 bits per heavy atom. The largest absolute Gasteiger partial charge is 0.447 e. The van der Waals surface area contributed by atoms with E-state index < -0.39 is 6.09 Å². The van der Waals surface area contributed by atoms with Crippen LogP contribution in [0.1, 0.15) is 18.9 Å². The van der Waals surface area contributed by atoms with Gasteiger partial charge in [0.05, 0.1) is 6.61 Å². The molecule has 0 unspecified atom stereocenters. The highest BCUT2D eigenvalue weighted by Crippen LogP contribution is 2.18. The number of nitrogens with one attached hydrogen (secondary N) is 1. The molecule has 1 aromatic heterocycles. The Morgan fingerprint density at radius 2 is 2.31 bits per heavy atom. The first-order chi connectivity index (χ1) is 7.61. The lowest BCUT2D eigenvalue weighted by molar-refractivity contribution is 0.131. The highest BCUT2D eigenvalue weighted by atomic mass is 32.1. The van der Waals surface area contributed by atoms with E-state index in [0.29, 0.717) is 11.0 Å². The maximum atomic E-state index is 11.1.